The zero-order valence-corrected chi connectivity index (χ0v) is 12.1. The van der Waals surface area contributed by atoms with E-state index in [2.05, 4.69) is 5.10 Å². The second kappa shape index (κ2) is 5.42. The molecule has 118 valence electrons. The topological polar surface area (TPSA) is 44.8 Å². The van der Waals surface area contributed by atoms with Gasteiger partial charge in [-0.15, -0.1) is 4.85 Å². The van der Waals surface area contributed by atoms with E-state index in [-0.39, 0.29) is 5.69 Å². The first-order valence-corrected chi connectivity index (χ1v) is 6.79. The molecule has 0 unspecified atom stereocenters. The van der Waals surface area contributed by atoms with E-state index in [0.717, 1.165) is 22.5 Å². The molecule has 2 aromatic carbocycles. The van der Waals surface area contributed by atoms with Gasteiger partial charge in [-0.1, -0.05) is 17.7 Å². The SMILES string of the molecule is Cc1ccc(-n2ncc(-c3ccc(C(F)(F)F)cc3)[n+]2[O-])cc1. The molecule has 4 nitrogen and oxygen atoms in total. The maximum absolute atomic E-state index is 12.6. The molecule has 0 bridgehead atoms. The number of nitrogens with zero attached hydrogens (tertiary/aromatic N) is 3. The fourth-order valence-electron chi connectivity index (χ4n) is 2.17. The Morgan fingerprint density at radius 1 is 1.00 bits per heavy atom. The van der Waals surface area contributed by atoms with Crippen LogP contribution in [0.25, 0.3) is 16.9 Å². The van der Waals surface area contributed by atoms with Gasteiger partial charge in [-0.3, -0.25) is 0 Å². The monoisotopic (exact) mass is 319 g/mol. The molecule has 1 aromatic heterocycles. The van der Waals surface area contributed by atoms with Gasteiger partial charge in [0.1, 0.15) is 5.69 Å². The Labute approximate surface area is 130 Å². The second-order valence-corrected chi connectivity index (χ2v) is 5.10. The zero-order chi connectivity index (χ0) is 16.6. The maximum Gasteiger partial charge on any atom is 0.416 e. The predicted molar refractivity (Wildman–Crippen MR) is 77.7 cm³/mol. The molecule has 0 saturated heterocycles. The van der Waals surface area contributed by atoms with Crippen molar-refractivity contribution in [2.75, 3.05) is 0 Å². The van der Waals surface area contributed by atoms with Gasteiger partial charge in [0, 0.05) is 10.7 Å². The smallest absolute Gasteiger partial charge is 0.416 e. The third kappa shape index (κ3) is 2.90. The molecule has 0 aliphatic heterocycles. The van der Waals surface area contributed by atoms with Crippen LogP contribution in [0.4, 0.5) is 13.2 Å². The first-order chi connectivity index (χ1) is 10.9. The minimum absolute atomic E-state index is 0.180. The van der Waals surface area contributed by atoms with Crippen LogP contribution in [0.5, 0.6) is 0 Å². The normalized spacial score (nSPS) is 11.7. The molecule has 3 rings (SSSR count). The average Bonchev–Trinajstić information content (AvgIpc) is 2.89. The summed E-state index contributed by atoms with van der Waals surface area (Å²) >= 11 is 0. The number of aromatic nitrogens is 3. The number of alkyl halides is 3. The van der Waals surface area contributed by atoms with E-state index in [9.17, 15) is 18.4 Å². The number of rotatable bonds is 2. The quantitative estimate of drug-likeness (QED) is 0.536. The lowest BCUT2D eigenvalue weighted by atomic mass is 10.1. The Bertz CT molecular complexity index is 821. The average molecular weight is 319 g/mol. The summed E-state index contributed by atoms with van der Waals surface area (Å²) in [5.41, 5.74) is 1.40. The lowest BCUT2D eigenvalue weighted by Gasteiger charge is -2.09. The standard InChI is InChI=1S/C16H12F3N3O/c1-11-2-8-14(9-3-11)21-20-10-15(22(21)23)12-4-6-13(7-5-12)16(17,18)19/h2-10H,1H3. The van der Waals surface area contributed by atoms with Crippen LogP contribution in [0.15, 0.2) is 54.7 Å². The Balaban J connectivity index is 1.97. The summed E-state index contributed by atoms with van der Waals surface area (Å²) in [4.78, 5) is 1.69. The van der Waals surface area contributed by atoms with Gasteiger partial charge in [0.25, 0.3) is 0 Å². The Hall–Kier alpha value is -2.83. The largest absolute Gasteiger partial charge is 0.692 e. The molecule has 1 heterocycles. The molecule has 0 spiro atoms. The highest BCUT2D eigenvalue weighted by Gasteiger charge is 2.30. The molecule has 0 radical (unpaired) electrons. The third-order valence-corrected chi connectivity index (χ3v) is 3.44. The molecule has 0 saturated carbocycles. The van der Waals surface area contributed by atoms with Gasteiger partial charge in [-0.2, -0.15) is 13.2 Å². The zero-order valence-electron chi connectivity index (χ0n) is 12.1. The van der Waals surface area contributed by atoms with Crippen LogP contribution in [-0.2, 0) is 6.18 Å². The van der Waals surface area contributed by atoms with Crippen molar-refractivity contribution in [3.63, 3.8) is 0 Å². The summed E-state index contributed by atoms with van der Waals surface area (Å²) < 4.78 is 37.7. The van der Waals surface area contributed by atoms with Crippen LogP contribution in [0.2, 0.25) is 0 Å². The van der Waals surface area contributed by atoms with Gasteiger partial charge in [-0.25, -0.2) is 0 Å². The van der Waals surface area contributed by atoms with Gasteiger partial charge in [0.15, 0.2) is 0 Å². The molecule has 0 atom stereocenters. The van der Waals surface area contributed by atoms with Crippen LogP contribution in [0.3, 0.4) is 0 Å². The van der Waals surface area contributed by atoms with Gasteiger partial charge >= 0.3 is 6.18 Å². The lowest BCUT2D eigenvalue weighted by Crippen LogP contribution is -2.38. The molecule has 0 fully saturated rings. The highest BCUT2D eigenvalue weighted by molar-refractivity contribution is 5.56. The summed E-state index contributed by atoms with van der Waals surface area (Å²) in [6, 6.07) is 11.6. The molecular weight excluding hydrogens is 307 g/mol. The maximum atomic E-state index is 12.6. The number of aryl methyl sites for hydroxylation is 1. The summed E-state index contributed by atoms with van der Waals surface area (Å²) in [5, 5.41) is 16.3. The first-order valence-electron chi connectivity index (χ1n) is 6.79. The predicted octanol–water partition coefficient (Wildman–Crippen LogP) is 3.50. The van der Waals surface area contributed by atoms with Gasteiger partial charge < -0.3 is 5.21 Å². The molecule has 0 aliphatic carbocycles. The minimum Gasteiger partial charge on any atom is -0.692 e. The lowest BCUT2D eigenvalue weighted by molar-refractivity contribution is -0.678. The van der Waals surface area contributed by atoms with Crippen LogP contribution in [0, 0.1) is 12.1 Å². The molecule has 0 aliphatic rings. The van der Waals surface area contributed by atoms with Crippen molar-refractivity contribution in [3.05, 3.63) is 71.1 Å². The Morgan fingerprint density at radius 2 is 1.61 bits per heavy atom. The van der Waals surface area contributed by atoms with Crippen molar-refractivity contribution in [2.45, 2.75) is 13.1 Å². The fourth-order valence-corrected chi connectivity index (χ4v) is 2.17. The highest BCUT2D eigenvalue weighted by Crippen LogP contribution is 2.30. The first kappa shape index (κ1) is 15.1. The number of hydrogen-bond donors (Lipinski definition) is 0. The summed E-state index contributed by atoms with van der Waals surface area (Å²) in [5.74, 6) is 0. The Morgan fingerprint density at radius 3 is 2.17 bits per heavy atom. The highest BCUT2D eigenvalue weighted by atomic mass is 19.4. The van der Waals surface area contributed by atoms with E-state index >= 15 is 0 Å². The van der Waals surface area contributed by atoms with E-state index in [0.29, 0.717) is 16.1 Å². The van der Waals surface area contributed by atoms with E-state index in [1.807, 2.05) is 19.1 Å². The van der Waals surface area contributed by atoms with Gasteiger partial charge in [0.05, 0.1) is 5.56 Å². The molecule has 3 aromatic rings. The van der Waals surface area contributed by atoms with Crippen molar-refractivity contribution in [1.29, 1.82) is 0 Å². The second-order valence-electron chi connectivity index (χ2n) is 5.10. The number of hydrogen-bond acceptors (Lipinski definition) is 2. The van der Waals surface area contributed by atoms with Crippen molar-refractivity contribution in [1.82, 2.24) is 9.90 Å². The third-order valence-electron chi connectivity index (χ3n) is 3.44. The van der Waals surface area contributed by atoms with Crippen LogP contribution < -0.4 is 4.85 Å². The molecule has 23 heavy (non-hydrogen) atoms. The van der Waals surface area contributed by atoms with Crippen LogP contribution >= 0.6 is 0 Å². The van der Waals surface area contributed by atoms with Crippen molar-refractivity contribution < 1.29 is 18.0 Å². The van der Waals surface area contributed by atoms with Crippen LogP contribution in [0.1, 0.15) is 11.1 Å². The molecule has 7 heteroatoms. The van der Waals surface area contributed by atoms with E-state index < -0.39 is 11.7 Å². The Kier molecular flexibility index (Phi) is 3.55. The summed E-state index contributed by atoms with van der Waals surface area (Å²) in [6.45, 7) is 1.92. The van der Waals surface area contributed by atoms with Gasteiger partial charge in [0.2, 0.25) is 11.9 Å². The summed E-state index contributed by atoms with van der Waals surface area (Å²) in [7, 11) is 0. The van der Waals surface area contributed by atoms with Gasteiger partial charge in [-0.05, 0) is 48.1 Å². The minimum atomic E-state index is -4.40. The van der Waals surface area contributed by atoms with E-state index in [1.54, 1.807) is 12.1 Å². The van der Waals surface area contributed by atoms with E-state index in [1.165, 1.54) is 18.3 Å². The number of halogens is 3. The molecule has 0 amide bonds. The number of benzene rings is 2. The van der Waals surface area contributed by atoms with E-state index in [4.69, 9.17) is 0 Å². The van der Waals surface area contributed by atoms with Crippen molar-refractivity contribution >= 4 is 0 Å². The van der Waals surface area contributed by atoms with Crippen molar-refractivity contribution in [3.8, 4) is 16.9 Å². The molecule has 0 N–H and O–H groups in total. The summed E-state index contributed by atoms with van der Waals surface area (Å²) in [6.07, 6.45) is -3.08. The van der Waals surface area contributed by atoms with Crippen molar-refractivity contribution in [2.24, 2.45) is 0 Å². The molecular formula is C16H12F3N3O. The fraction of sp³-hybridized carbons (Fsp3) is 0.125. The van der Waals surface area contributed by atoms with Crippen LogP contribution in [-0.4, -0.2) is 9.90 Å².